The summed E-state index contributed by atoms with van der Waals surface area (Å²) >= 11 is 0. The fourth-order valence-corrected chi connectivity index (χ4v) is 2.63. The number of rotatable bonds is 11. The highest BCUT2D eigenvalue weighted by Crippen LogP contribution is 2.02. The summed E-state index contributed by atoms with van der Waals surface area (Å²) in [4.78, 5) is 0. The molecule has 5 heteroatoms. The van der Waals surface area contributed by atoms with Crippen molar-refractivity contribution in [3.05, 3.63) is 0 Å². The zero-order chi connectivity index (χ0) is 13.1. The van der Waals surface area contributed by atoms with Crippen molar-refractivity contribution < 1.29 is 13.2 Å². The van der Waals surface area contributed by atoms with E-state index in [0.717, 1.165) is 6.42 Å². The molecule has 0 heterocycles. The standard InChI is InChI=1S/C12H27NO3S/c1-4-5-6-7-12(2)13-8-10-17(14,15)11-9-16-3/h12-13H,4-11H2,1-3H3. The van der Waals surface area contributed by atoms with E-state index in [1.807, 2.05) is 0 Å². The minimum atomic E-state index is -2.95. The van der Waals surface area contributed by atoms with Crippen LogP contribution in [-0.2, 0) is 14.6 Å². The molecule has 0 aromatic heterocycles. The normalized spacial score (nSPS) is 13.8. The molecule has 1 N–H and O–H groups in total. The minimum absolute atomic E-state index is 0.120. The molecule has 0 rings (SSSR count). The second kappa shape index (κ2) is 9.85. The van der Waals surface area contributed by atoms with Gasteiger partial charge >= 0.3 is 0 Å². The van der Waals surface area contributed by atoms with E-state index >= 15 is 0 Å². The Labute approximate surface area is 106 Å². The monoisotopic (exact) mass is 265 g/mol. The molecule has 0 aliphatic heterocycles. The summed E-state index contributed by atoms with van der Waals surface area (Å²) in [6.45, 7) is 5.12. The lowest BCUT2D eigenvalue weighted by Gasteiger charge is -2.13. The third-order valence-corrected chi connectivity index (χ3v) is 4.36. The number of nitrogens with one attached hydrogen (secondary N) is 1. The van der Waals surface area contributed by atoms with Gasteiger partial charge in [-0.3, -0.25) is 0 Å². The van der Waals surface area contributed by atoms with Crippen molar-refractivity contribution in [2.24, 2.45) is 0 Å². The SMILES string of the molecule is CCCCCC(C)NCCS(=O)(=O)CCOC. The maximum absolute atomic E-state index is 11.5. The highest BCUT2D eigenvalue weighted by Gasteiger charge is 2.10. The molecule has 0 bridgehead atoms. The van der Waals surface area contributed by atoms with Crippen LogP contribution in [0, 0.1) is 0 Å². The van der Waals surface area contributed by atoms with Gasteiger partial charge in [0.05, 0.1) is 18.1 Å². The first-order chi connectivity index (χ1) is 8.02. The van der Waals surface area contributed by atoms with Crippen molar-refractivity contribution in [1.82, 2.24) is 5.32 Å². The van der Waals surface area contributed by atoms with E-state index in [2.05, 4.69) is 19.2 Å². The van der Waals surface area contributed by atoms with Crippen LogP contribution in [0.1, 0.15) is 39.5 Å². The first-order valence-electron chi connectivity index (χ1n) is 6.44. The number of ether oxygens (including phenoxy) is 1. The van der Waals surface area contributed by atoms with Gasteiger partial charge in [-0.15, -0.1) is 0 Å². The van der Waals surface area contributed by atoms with E-state index in [-0.39, 0.29) is 18.1 Å². The summed E-state index contributed by atoms with van der Waals surface area (Å²) < 4.78 is 27.8. The lowest BCUT2D eigenvalue weighted by Crippen LogP contribution is -2.32. The Hall–Kier alpha value is -0.130. The summed E-state index contributed by atoms with van der Waals surface area (Å²) in [5.74, 6) is 0.323. The van der Waals surface area contributed by atoms with Gasteiger partial charge in [-0.1, -0.05) is 26.2 Å². The predicted octanol–water partition coefficient (Wildman–Crippen LogP) is 1.61. The summed E-state index contributed by atoms with van der Waals surface area (Å²) in [5.41, 5.74) is 0. The fraction of sp³-hybridized carbons (Fsp3) is 1.00. The van der Waals surface area contributed by atoms with Gasteiger partial charge < -0.3 is 10.1 Å². The molecule has 0 aliphatic carbocycles. The van der Waals surface area contributed by atoms with Crippen molar-refractivity contribution in [2.45, 2.75) is 45.6 Å². The van der Waals surface area contributed by atoms with Crippen LogP contribution >= 0.6 is 0 Å². The van der Waals surface area contributed by atoms with Crippen LogP contribution in [0.4, 0.5) is 0 Å². The average molecular weight is 265 g/mol. The van der Waals surface area contributed by atoms with Crippen LogP contribution in [0.5, 0.6) is 0 Å². The van der Waals surface area contributed by atoms with Crippen molar-refractivity contribution in [2.75, 3.05) is 31.8 Å². The van der Waals surface area contributed by atoms with Crippen LogP contribution in [0.25, 0.3) is 0 Å². The number of hydrogen-bond donors (Lipinski definition) is 1. The number of unbranched alkanes of at least 4 members (excludes halogenated alkanes) is 2. The molecule has 104 valence electrons. The van der Waals surface area contributed by atoms with Gasteiger partial charge in [-0.25, -0.2) is 8.42 Å². The molecule has 0 saturated carbocycles. The first-order valence-corrected chi connectivity index (χ1v) is 8.26. The van der Waals surface area contributed by atoms with Crippen molar-refractivity contribution in [3.63, 3.8) is 0 Å². The Morgan fingerprint density at radius 1 is 1.24 bits per heavy atom. The van der Waals surface area contributed by atoms with Gasteiger partial charge in [-0.05, 0) is 13.3 Å². The van der Waals surface area contributed by atoms with E-state index in [1.54, 1.807) is 0 Å². The topological polar surface area (TPSA) is 55.4 Å². The third-order valence-electron chi connectivity index (χ3n) is 2.75. The van der Waals surface area contributed by atoms with Crippen molar-refractivity contribution in [3.8, 4) is 0 Å². The zero-order valence-corrected chi connectivity index (χ0v) is 12.2. The molecule has 0 radical (unpaired) electrons. The molecule has 4 nitrogen and oxygen atoms in total. The Morgan fingerprint density at radius 3 is 2.53 bits per heavy atom. The lowest BCUT2D eigenvalue weighted by molar-refractivity contribution is 0.217. The van der Waals surface area contributed by atoms with E-state index in [0.29, 0.717) is 12.6 Å². The molecule has 0 aromatic carbocycles. The lowest BCUT2D eigenvalue weighted by atomic mass is 10.1. The molecular weight excluding hydrogens is 238 g/mol. The fourth-order valence-electron chi connectivity index (χ4n) is 1.58. The summed E-state index contributed by atoms with van der Waals surface area (Å²) in [5, 5.41) is 3.25. The Bertz CT molecular complexity index is 265. The van der Waals surface area contributed by atoms with E-state index in [4.69, 9.17) is 4.74 Å². The molecule has 0 amide bonds. The van der Waals surface area contributed by atoms with Gasteiger partial charge in [0.15, 0.2) is 9.84 Å². The van der Waals surface area contributed by atoms with Crippen LogP contribution in [0.15, 0.2) is 0 Å². The predicted molar refractivity (Wildman–Crippen MR) is 72.1 cm³/mol. The van der Waals surface area contributed by atoms with Gasteiger partial charge in [0, 0.05) is 19.7 Å². The first kappa shape index (κ1) is 16.9. The Balaban J connectivity index is 3.60. The van der Waals surface area contributed by atoms with Gasteiger partial charge in [0.2, 0.25) is 0 Å². The van der Waals surface area contributed by atoms with E-state index < -0.39 is 9.84 Å². The zero-order valence-electron chi connectivity index (χ0n) is 11.4. The molecular formula is C12H27NO3S. The Morgan fingerprint density at radius 2 is 1.94 bits per heavy atom. The number of sulfone groups is 1. The van der Waals surface area contributed by atoms with E-state index in [1.165, 1.54) is 26.4 Å². The summed E-state index contributed by atoms with van der Waals surface area (Å²) in [7, 11) is -1.43. The maximum atomic E-state index is 11.5. The molecule has 0 aromatic rings. The molecule has 0 fully saturated rings. The van der Waals surface area contributed by atoms with Crippen molar-refractivity contribution >= 4 is 9.84 Å². The van der Waals surface area contributed by atoms with Crippen LogP contribution < -0.4 is 5.32 Å². The minimum Gasteiger partial charge on any atom is -0.384 e. The highest BCUT2D eigenvalue weighted by atomic mass is 32.2. The molecule has 1 unspecified atom stereocenters. The quantitative estimate of drug-likeness (QED) is 0.577. The maximum Gasteiger partial charge on any atom is 0.153 e. The van der Waals surface area contributed by atoms with E-state index in [9.17, 15) is 8.42 Å². The van der Waals surface area contributed by atoms with Gasteiger partial charge in [0.25, 0.3) is 0 Å². The van der Waals surface area contributed by atoms with Gasteiger partial charge in [0.1, 0.15) is 0 Å². The van der Waals surface area contributed by atoms with Crippen LogP contribution in [0.2, 0.25) is 0 Å². The second-order valence-electron chi connectivity index (χ2n) is 4.50. The summed E-state index contributed by atoms with van der Waals surface area (Å²) in [6, 6.07) is 0.402. The van der Waals surface area contributed by atoms with Crippen molar-refractivity contribution in [1.29, 1.82) is 0 Å². The number of methoxy groups -OCH3 is 1. The average Bonchev–Trinajstić information content (AvgIpc) is 2.26. The third kappa shape index (κ3) is 10.7. The smallest absolute Gasteiger partial charge is 0.153 e. The molecule has 1 atom stereocenters. The van der Waals surface area contributed by atoms with Gasteiger partial charge in [-0.2, -0.15) is 0 Å². The molecule has 0 aliphatic rings. The highest BCUT2D eigenvalue weighted by molar-refractivity contribution is 7.91. The van der Waals surface area contributed by atoms with Crippen LogP contribution in [0.3, 0.4) is 0 Å². The molecule has 0 saturated heterocycles. The molecule has 17 heavy (non-hydrogen) atoms. The summed E-state index contributed by atoms with van der Waals surface area (Å²) in [6.07, 6.45) is 4.79. The van der Waals surface area contributed by atoms with Crippen LogP contribution in [-0.4, -0.2) is 46.2 Å². The Kier molecular flexibility index (Phi) is 9.78. The largest absolute Gasteiger partial charge is 0.384 e. The second-order valence-corrected chi connectivity index (χ2v) is 6.80. The number of hydrogen-bond acceptors (Lipinski definition) is 4. The molecule has 0 spiro atoms.